The summed E-state index contributed by atoms with van der Waals surface area (Å²) in [4.78, 5) is 2.43. The van der Waals surface area contributed by atoms with Crippen LogP contribution in [0.15, 0.2) is 217 Å². The van der Waals surface area contributed by atoms with E-state index in [4.69, 9.17) is 4.42 Å². The molecule has 0 atom stereocenters. The summed E-state index contributed by atoms with van der Waals surface area (Å²) in [5, 5.41) is 14.4. The summed E-state index contributed by atoms with van der Waals surface area (Å²) in [6.07, 6.45) is 0. The Morgan fingerprint density at radius 1 is 0.310 bits per heavy atom. The van der Waals surface area contributed by atoms with Crippen molar-refractivity contribution >= 4 is 92.9 Å². The van der Waals surface area contributed by atoms with Gasteiger partial charge in [0.25, 0.3) is 0 Å². The molecule has 2 nitrogen and oxygen atoms in total. The molecule has 0 amide bonds. The lowest BCUT2D eigenvalue weighted by atomic mass is 9.85. The highest BCUT2D eigenvalue weighted by atomic mass is 16.3. The summed E-state index contributed by atoms with van der Waals surface area (Å²) < 4.78 is 6.62. The highest BCUT2D eigenvalue weighted by molar-refractivity contribution is 6.24. The molecule has 1 heterocycles. The number of anilines is 3. The smallest absolute Gasteiger partial charge is 0.143 e. The van der Waals surface area contributed by atoms with Crippen LogP contribution in [0.3, 0.4) is 0 Å². The first-order valence-electron chi connectivity index (χ1n) is 19.9. The fourth-order valence-electron chi connectivity index (χ4n) is 9.42. The number of nitrogens with zero attached hydrogens (tertiary/aromatic N) is 1. The second-order valence-corrected chi connectivity index (χ2v) is 15.2. The second-order valence-electron chi connectivity index (χ2n) is 15.2. The Bertz CT molecular complexity index is 3450. The fraction of sp³-hybridized carbons (Fsp3) is 0. The van der Waals surface area contributed by atoms with Crippen LogP contribution in [0.2, 0.25) is 0 Å². The van der Waals surface area contributed by atoms with E-state index in [0.29, 0.717) is 0 Å². The van der Waals surface area contributed by atoms with Crippen LogP contribution in [0.4, 0.5) is 17.1 Å². The number of hydrogen-bond acceptors (Lipinski definition) is 2. The zero-order valence-electron chi connectivity index (χ0n) is 31.6. The van der Waals surface area contributed by atoms with E-state index in [9.17, 15) is 0 Å². The van der Waals surface area contributed by atoms with Gasteiger partial charge in [-0.3, -0.25) is 0 Å². The average Bonchev–Trinajstić information content (AvgIpc) is 3.68. The van der Waals surface area contributed by atoms with Crippen molar-refractivity contribution in [2.45, 2.75) is 0 Å². The lowest BCUT2D eigenvalue weighted by Crippen LogP contribution is -2.11. The Balaban J connectivity index is 1.05. The molecule has 2 heteroatoms. The molecule has 270 valence electrons. The maximum Gasteiger partial charge on any atom is 0.143 e. The van der Waals surface area contributed by atoms with Gasteiger partial charge >= 0.3 is 0 Å². The van der Waals surface area contributed by atoms with Crippen molar-refractivity contribution in [1.29, 1.82) is 0 Å². The maximum absolute atomic E-state index is 6.62. The highest BCUT2D eigenvalue weighted by Gasteiger charge is 2.21. The quantitative estimate of drug-likeness (QED) is 0.164. The number of hydrogen-bond donors (Lipinski definition) is 0. The summed E-state index contributed by atoms with van der Waals surface area (Å²) in [7, 11) is 0. The molecule has 0 radical (unpaired) electrons. The molecule has 11 aromatic carbocycles. The fourth-order valence-corrected chi connectivity index (χ4v) is 9.42. The first-order chi connectivity index (χ1) is 28.8. The Morgan fingerprint density at radius 2 is 0.793 bits per heavy atom. The van der Waals surface area contributed by atoms with Gasteiger partial charge in [-0.25, -0.2) is 0 Å². The van der Waals surface area contributed by atoms with Crippen molar-refractivity contribution < 1.29 is 4.42 Å². The maximum atomic E-state index is 6.62. The molecule has 0 bridgehead atoms. The highest BCUT2D eigenvalue weighted by Crippen LogP contribution is 2.48. The molecule has 0 fully saturated rings. The molecule has 0 spiro atoms. The van der Waals surface area contributed by atoms with Gasteiger partial charge in [-0.15, -0.1) is 0 Å². The molecule has 12 rings (SSSR count). The Hall–Kier alpha value is -7.68. The minimum absolute atomic E-state index is 0.909. The molecule has 0 saturated carbocycles. The second kappa shape index (κ2) is 12.9. The summed E-state index contributed by atoms with van der Waals surface area (Å²) >= 11 is 0. The van der Waals surface area contributed by atoms with Gasteiger partial charge in [-0.1, -0.05) is 176 Å². The third-order valence-electron chi connectivity index (χ3n) is 12.0. The molecule has 0 saturated heterocycles. The molecule has 0 aliphatic heterocycles. The van der Waals surface area contributed by atoms with E-state index in [2.05, 4.69) is 211 Å². The Labute approximate surface area is 335 Å². The van der Waals surface area contributed by atoms with Crippen LogP contribution < -0.4 is 4.90 Å². The van der Waals surface area contributed by atoms with E-state index in [1.54, 1.807) is 0 Å². The van der Waals surface area contributed by atoms with Crippen LogP contribution >= 0.6 is 0 Å². The van der Waals surface area contributed by atoms with E-state index in [-0.39, 0.29) is 0 Å². The normalized spacial score (nSPS) is 11.8. The van der Waals surface area contributed by atoms with Crippen molar-refractivity contribution in [2.75, 3.05) is 4.90 Å². The summed E-state index contributed by atoms with van der Waals surface area (Å²) in [6, 6.07) is 77.1. The molecule has 0 N–H and O–H groups in total. The minimum Gasteiger partial charge on any atom is -0.455 e. The van der Waals surface area contributed by atoms with Crippen LogP contribution in [0.1, 0.15) is 0 Å². The number of fused-ring (bicyclic) bond motifs is 8. The Morgan fingerprint density at radius 3 is 1.45 bits per heavy atom. The molecule has 12 aromatic rings. The first kappa shape index (κ1) is 32.6. The number of para-hydroxylation sites is 2. The third kappa shape index (κ3) is 4.99. The van der Waals surface area contributed by atoms with E-state index >= 15 is 0 Å². The predicted octanol–water partition coefficient (Wildman–Crippen LogP) is 16.2. The molecular formula is C56H35NO. The van der Waals surface area contributed by atoms with Crippen molar-refractivity contribution in [1.82, 2.24) is 0 Å². The van der Waals surface area contributed by atoms with Gasteiger partial charge in [0, 0.05) is 38.4 Å². The number of rotatable bonds is 5. The van der Waals surface area contributed by atoms with Crippen LogP contribution in [0.25, 0.3) is 98.1 Å². The van der Waals surface area contributed by atoms with Crippen LogP contribution in [0, 0.1) is 0 Å². The topological polar surface area (TPSA) is 16.4 Å². The van der Waals surface area contributed by atoms with Crippen molar-refractivity contribution in [3.05, 3.63) is 212 Å². The van der Waals surface area contributed by atoms with Crippen molar-refractivity contribution in [3.8, 4) is 22.3 Å². The zero-order valence-corrected chi connectivity index (χ0v) is 31.6. The first-order valence-corrected chi connectivity index (χ1v) is 19.9. The van der Waals surface area contributed by atoms with E-state index in [0.717, 1.165) is 44.6 Å². The van der Waals surface area contributed by atoms with Crippen LogP contribution in [-0.2, 0) is 0 Å². The lowest BCUT2D eigenvalue weighted by Gasteiger charge is -2.28. The SMILES string of the molecule is c1ccc2c(N(c3ccc4cc(-c5c6ccccc6c(-c6cccc7c6oc6ccccc67)c6ccccc56)ccc4c3)c3cccc4ccccc34)cccc2c1. The van der Waals surface area contributed by atoms with Crippen LogP contribution in [-0.4, -0.2) is 0 Å². The van der Waals surface area contributed by atoms with E-state index < -0.39 is 0 Å². The van der Waals surface area contributed by atoms with Gasteiger partial charge in [-0.2, -0.15) is 0 Å². The standard InChI is InChI=1S/C56H35NO/c1-3-18-42-36(14-1)16-11-27-51(42)57(52-28-12-17-37-15-2-4-19-43(37)52)41-33-32-38-34-40(31-30-39(38)35-41)54-45-21-5-7-23-47(45)55(48-24-8-6-22-46(48)54)50-26-13-25-49-44-20-9-10-29-53(44)58-56(49)50/h1-35H. The number of furan rings is 1. The predicted molar refractivity (Wildman–Crippen MR) is 247 cm³/mol. The average molecular weight is 738 g/mol. The summed E-state index contributed by atoms with van der Waals surface area (Å²) in [6.45, 7) is 0. The van der Waals surface area contributed by atoms with Gasteiger partial charge in [0.2, 0.25) is 0 Å². The third-order valence-corrected chi connectivity index (χ3v) is 12.0. The molecule has 0 aliphatic carbocycles. The summed E-state index contributed by atoms with van der Waals surface area (Å²) in [5.41, 5.74) is 10.0. The van der Waals surface area contributed by atoms with Gasteiger partial charge < -0.3 is 9.32 Å². The lowest BCUT2D eigenvalue weighted by molar-refractivity contribution is 0.670. The molecule has 1 aromatic heterocycles. The largest absolute Gasteiger partial charge is 0.455 e. The number of benzene rings is 11. The monoisotopic (exact) mass is 737 g/mol. The Kier molecular flexibility index (Phi) is 7.26. The van der Waals surface area contributed by atoms with E-state index in [1.165, 1.54) is 70.6 Å². The van der Waals surface area contributed by atoms with Gasteiger partial charge in [0.05, 0.1) is 11.4 Å². The molecular weight excluding hydrogens is 703 g/mol. The summed E-state index contributed by atoms with van der Waals surface area (Å²) in [5.74, 6) is 0. The van der Waals surface area contributed by atoms with Gasteiger partial charge in [0.1, 0.15) is 11.2 Å². The van der Waals surface area contributed by atoms with Gasteiger partial charge in [-0.05, 0) is 90.6 Å². The molecule has 0 unspecified atom stereocenters. The van der Waals surface area contributed by atoms with Crippen molar-refractivity contribution in [2.24, 2.45) is 0 Å². The minimum atomic E-state index is 0.909. The zero-order chi connectivity index (χ0) is 38.2. The van der Waals surface area contributed by atoms with Crippen LogP contribution in [0.5, 0.6) is 0 Å². The van der Waals surface area contributed by atoms with Gasteiger partial charge in [0.15, 0.2) is 0 Å². The van der Waals surface area contributed by atoms with Crippen molar-refractivity contribution in [3.63, 3.8) is 0 Å². The molecule has 58 heavy (non-hydrogen) atoms. The molecule has 0 aliphatic rings. The van der Waals surface area contributed by atoms with E-state index in [1.807, 2.05) is 6.07 Å².